The molecule has 1 aliphatic rings. The molecule has 0 bridgehead atoms. The quantitative estimate of drug-likeness (QED) is 0.740. The molecule has 1 atom stereocenters. The molecule has 2 heterocycles. The summed E-state index contributed by atoms with van der Waals surface area (Å²) in [5, 5.41) is 0. The number of fused-ring (bicyclic) bond motifs is 1. The second-order valence-corrected chi connectivity index (χ2v) is 6.81. The van der Waals surface area contributed by atoms with Gasteiger partial charge in [0.1, 0.15) is 5.82 Å². The predicted molar refractivity (Wildman–Crippen MR) is 92.6 cm³/mol. The van der Waals surface area contributed by atoms with E-state index in [1.54, 1.807) is 0 Å². The van der Waals surface area contributed by atoms with Crippen LogP contribution in [0.4, 0.5) is 0 Å². The number of nitrogens with zero attached hydrogens (tertiary/aromatic N) is 2. The van der Waals surface area contributed by atoms with Crippen LogP contribution in [0.1, 0.15) is 30.3 Å². The number of aromatic nitrogens is 2. The van der Waals surface area contributed by atoms with Crippen molar-refractivity contribution in [2.24, 2.45) is 0 Å². The lowest BCUT2D eigenvalue weighted by molar-refractivity contribution is 0.241. The molecular weight excluding hydrogens is 338 g/mol. The summed E-state index contributed by atoms with van der Waals surface area (Å²) in [4.78, 5) is 10.9. The number of aromatic amines is 1. The average Bonchev–Trinajstić information content (AvgIpc) is 3.14. The highest BCUT2D eigenvalue weighted by Crippen LogP contribution is 2.33. The molecule has 0 spiro atoms. The van der Waals surface area contributed by atoms with E-state index >= 15 is 0 Å². The summed E-state index contributed by atoms with van der Waals surface area (Å²) in [6.07, 6.45) is 2.41. The number of rotatable bonds is 3. The molecular formula is C18H18BrN3. The summed E-state index contributed by atoms with van der Waals surface area (Å²) in [5.74, 6) is 1.10. The number of nitrogens with one attached hydrogen (secondary N) is 1. The molecule has 0 unspecified atom stereocenters. The summed E-state index contributed by atoms with van der Waals surface area (Å²) in [6, 6.07) is 17.3. The molecule has 1 aromatic heterocycles. The summed E-state index contributed by atoms with van der Waals surface area (Å²) in [5.41, 5.74) is 3.52. The molecule has 0 saturated carbocycles. The Bertz CT molecular complexity index is 781. The molecule has 1 fully saturated rings. The van der Waals surface area contributed by atoms with Gasteiger partial charge < -0.3 is 4.98 Å². The van der Waals surface area contributed by atoms with Crippen LogP contribution < -0.4 is 0 Å². The molecule has 3 aromatic rings. The number of likely N-dealkylation sites (tertiary alicyclic amines) is 1. The highest BCUT2D eigenvalue weighted by atomic mass is 79.9. The highest BCUT2D eigenvalue weighted by Gasteiger charge is 2.28. The Morgan fingerprint density at radius 2 is 2.05 bits per heavy atom. The molecule has 2 aromatic carbocycles. The van der Waals surface area contributed by atoms with Gasteiger partial charge in [0.2, 0.25) is 0 Å². The van der Waals surface area contributed by atoms with Gasteiger partial charge in [-0.15, -0.1) is 0 Å². The summed E-state index contributed by atoms with van der Waals surface area (Å²) < 4.78 is 1.09. The van der Waals surface area contributed by atoms with E-state index in [0.29, 0.717) is 6.04 Å². The topological polar surface area (TPSA) is 31.9 Å². The third-order valence-electron chi connectivity index (χ3n) is 4.37. The minimum absolute atomic E-state index is 0.395. The van der Waals surface area contributed by atoms with Gasteiger partial charge in [-0.25, -0.2) is 4.98 Å². The number of hydrogen-bond acceptors (Lipinski definition) is 2. The van der Waals surface area contributed by atoms with Crippen molar-refractivity contribution < 1.29 is 0 Å². The molecule has 1 saturated heterocycles. The van der Waals surface area contributed by atoms with Crippen LogP contribution in [0.15, 0.2) is 53.0 Å². The molecule has 0 aliphatic carbocycles. The molecule has 0 radical (unpaired) electrons. The Balaban J connectivity index is 1.61. The Kier molecular flexibility index (Phi) is 3.72. The third kappa shape index (κ3) is 2.69. The van der Waals surface area contributed by atoms with Crippen LogP contribution in [0, 0.1) is 0 Å². The largest absolute Gasteiger partial charge is 0.341 e. The Morgan fingerprint density at radius 3 is 2.91 bits per heavy atom. The zero-order valence-corrected chi connectivity index (χ0v) is 13.9. The van der Waals surface area contributed by atoms with Gasteiger partial charge in [0.25, 0.3) is 0 Å². The Labute approximate surface area is 138 Å². The Morgan fingerprint density at radius 1 is 1.18 bits per heavy atom. The van der Waals surface area contributed by atoms with Crippen LogP contribution in [-0.4, -0.2) is 21.4 Å². The van der Waals surface area contributed by atoms with E-state index in [0.717, 1.165) is 34.4 Å². The van der Waals surface area contributed by atoms with E-state index in [2.05, 4.69) is 68.3 Å². The number of hydrogen-bond donors (Lipinski definition) is 1. The fourth-order valence-corrected chi connectivity index (χ4v) is 3.66. The third-order valence-corrected chi connectivity index (χ3v) is 4.86. The first-order valence-electron chi connectivity index (χ1n) is 7.73. The van der Waals surface area contributed by atoms with Crippen molar-refractivity contribution in [3.63, 3.8) is 0 Å². The number of halogens is 1. The van der Waals surface area contributed by atoms with Gasteiger partial charge in [-0.05, 0) is 43.1 Å². The van der Waals surface area contributed by atoms with Crippen molar-refractivity contribution in [1.82, 2.24) is 14.9 Å². The zero-order chi connectivity index (χ0) is 14.9. The minimum atomic E-state index is 0.395. The van der Waals surface area contributed by atoms with Crippen molar-refractivity contribution in [2.75, 3.05) is 6.54 Å². The fraction of sp³-hybridized carbons (Fsp3) is 0.278. The first-order valence-corrected chi connectivity index (χ1v) is 8.52. The summed E-state index contributed by atoms with van der Waals surface area (Å²) in [7, 11) is 0. The van der Waals surface area contributed by atoms with E-state index in [1.807, 2.05) is 6.07 Å². The van der Waals surface area contributed by atoms with Crippen LogP contribution >= 0.6 is 15.9 Å². The second kappa shape index (κ2) is 5.86. The van der Waals surface area contributed by atoms with Crippen molar-refractivity contribution in [3.05, 3.63) is 64.4 Å². The average molecular weight is 356 g/mol. The lowest BCUT2D eigenvalue weighted by Gasteiger charge is -2.22. The lowest BCUT2D eigenvalue weighted by Crippen LogP contribution is -2.23. The van der Waals surface area contributed by atoms with E-state index in [4.69, 9.17) is 4.98 Å². The number of H-pyrrole nitrogens is 1. The maximum atomic E-state index is 4.81. The van der Waals surface area contributed by atoms with Gasteiger partial charge in [0.05, 0.1) is 17.1 Å². The lowest BCUT2D eigenvalue weighted by atomic mass is 10.2. The van der Waals surface area contributed by atoms with Gasteiger partial charge in [-0.2, -0.15) is 0 Å². The first-order chi connectivity index (χ1) is 10.8. The van der Waals surface area contributed by atoms with Gasteiger partial charge in [-0.3, -0.25) is 4.90 Å². The van der Waals surface area contributed by atoms with Crippen molar-refractivity contribution in [1.29, 1.82) is 0 Å². The van der Waals surface area contributed by atoms with Gasteiger partial charge in [0, 0.05) is 11.0 Å². The van der Waals surface area contributed by atoms with Gasteiger partial charge in [0.15, 0.2) is 0 Å². The van der Waals surface area contributed by atoms with Gasteiger partial charge in [-0.1, -0.05) is 46.3 Å². The van der Waals surface area contributed by atoms with E-state index in [1.165, 1.54) is 18.4 Å². The van der Waals surface area contributed by atoms with Crippen molar-refractivity contribution in [2.45, 2.75) is 25.4 Å². The maximum absolute atomic E-state index is 4.81. The van der Waals surface area contributed by atoms with Crippen molar-refractivity contribution in [3.8, 4) is 0 Å². The molecule has 1 aliphatic heterocycles. The smallest absolute Gasteiger partial charge is 0.124 e. The predicted octanol–water partition coefficient (Wildman–Crippen LogP) is 4.66. The molecule has 3 nitrogen and oxygen atoms in total. The molecule has 4 rings (SSSR count). The normalized spacial score (nSPS) is 19.0. The van der Waals surface area contributed by atoms with Crippen LogP contribution in [0.5, 0.6) is 0 Å². The number of benzene rings is 2. The summed E-state index contributed by atoms with van der Waals surface area (Å²) >= 11 is 3.52. The monoisotopic (exact) mass is 355 g/mol. The van der Waals surface area contributed by atoms with E-state index in [-0.39, 0.29) is 0 Å². The van der Waals surface area contributed by atoms with Crippen LogP contribution in [0.2, 0.25) is 0 Å². The second-order valence-electron chi connectivity index (χ2n) is 5.90. The molecule has 1 N–H and O–H groups in total. The molecule has 0 amide bonds. The van der Waals surface area contributed by atoms with E-state index < -0.39 is 0 Å². The minimum Gasteiger partial charge on any atom is -0.341 e. The fourth-order valence-electron chi connectivity index (χ4n) is 3.30. The zero-order valence-electron chi connectivity index (χ0n) is 12.3. The van der Waals surface area contributed by atoms with Crippen molar-refractivity contribution >= 4 is 27.0 Å². The van der Waals surface area contributed by atoms with Crippen LogP contribution in [-0.2, 0) is 6.54 Å². The van der Waals surface area contributed by atoms with Crippen LogP contribution in [0.3, 0.4) is 0 Å². The maximum Gasteiger partial charge on any atom is 0.124 e. The van der Waals surface area contributed by atoms with E-state index in [9.17, 15) is 0 Å². The van der Waals surface area contributed by atoms with Gasteiger partial charge >= 0.3 is 0 Å². The Hall–Kier alpha value is -1.65. The summed E-state index contributed by atoms with van der Waals surface area (Å²) in [6.45, 7) is 2.13. The standard InChI is InChI=1S/C18H18BrN3/c19-14-8-9-15-16(11-14)21-18(20-15)17-7-4-10-22(17)12-13-5-2-1-3-6-13/h1-3,5-6,8-9,11,17H,4,7,10,12H2,(H,20,21)/t17-/m0/s1. The first kappa shape index (κ1) is 14.0. The highest BCUT2D eigenvalue weighted by molar-refractivity contribution is 9.10. The molecule has 112 valence electrons. The molecule has 4 heteroatoms. The molecule has 22 heavy (non-hydrogen) atoms. The van der Waals surface area contributed by atoms with Crippen LogP contribution in [0.25, 0.3) is 11.0 Å². The SMILES string of the molecule is Brc1ccc2nc([C@@H]3CCCN3Cc3ccccc3)[nH]c2c1. The number of imidazole rings is 1.